The number of methoxy groups -OCH3 is 1. The van der Waals surface area contributed by atoms with E-state index in [0.717, 1.165) is 37.1 Å². The van der Waals surface area contributed by atoms with Gasteiger partial charge in [-0.15, -0.1) is 0 Å². The van der Waals surface area contributed by atoms with Crippen molar-refractivity contribution in [2.45, 2.75) is 38.3 Å². The highest BCUT2D eigenvalue weighted by atomic mass is 35.5. The van der Waals surface area contributed by atoms with E-state index in [2.05, 4.69) is 26.7 Å². The molecule has 0 aliphatic carbocycles. The van der Waals surface area contributed by atoms with E-state index in [1.54, 1.807) is 19.2 Å². The summed E-state index contributed by atoms with van der Waals surface area (Å²) in [7, 11) is 1.55. The van der Waals surface area contributed by atoms with E-state index in [9.17, 15) is 9.59 Å². The summed E-state index contributed by atoms with van der Waals surface area (Å²) in [4.78, 5) is 36.8. The minimum absolute atomic E-state index is 0.126. The molecule has 37 heavy (non-hydrogen) atoms. The number of nitrogens with one attached hydrogen (secondary N) is 2. The monoisotopic (exact) mass is 521 g/mol. The van der Waals surface area contributed by atoms with E-state index in [0.29, 0.717) is 29.7 Å². The van der Waals surface area contributed by atoms with Gasteiger partial charge in [0.15, 0.2) is 0 Å². The SMILES string of the molecule is COc1ccc(COc2nc(N3CCc4ccccc43)ncc2C(=O)NC2CCCCNC2=O)cc1Cl. The van der Waals surface area contributed by atoms with Crippen molar-refractivity contribution in [2.75, 3.05) is 25.1 Å². The molecule has 1 saturated heterocycles. The zero-order valence-corrected chi connectivity index (χ0v) is 21.3. The molecule has 0 radical (unpaired) electrons. The van der Waals surface area contributed by atoms with Crippen LogP contribution in [0.2, 0.25) is 5.02 Å². The Hall–Kier alpha value is -3.85. The van der Waals surface area contributed by atoms with Crippen LogP contribution >= 0.6 is 11.6 Å². The highest BCUT2D eigenvalue weighted by molar-refractivity contribution is 6.32. The Balaban J connectivity index is 1.43. The number of hydrogen-bond donors (Lipinski definition) is 2. The molecule has 10 heteroatoms. The zero-order valence-electron chi connectivity index (χ0n) is 20.5. The first-order valence-corrected chi connectivity index (χ1v) is 12.7. The molecule has 2 aliphatic heterocycles. The van der Waals surface area contributed by atoms with Gasteiger partial charge in [-0.25, -0.2) is 4.98 Å². The molecule has 192 valence electrons. The van der Waals surface area contributed by atoms with Crippen molar-refractivity contribution in [3.8, 4) is 11.6 Å². The smallest absolute Gasteiger partial charge is 0.259 e. The van der Waals surface area contributed by atoms with Crippen molar-refractivity contribution < 1.29 is 19.1 Å². The van der Waals surface area contributed by atoms with Crippen LogP contribution in [-0.2, 0) is 17.8 Å². The molecule has 3 heterocycles. The third-order valence-electron chi connectivity index (χ3n) is 6.55. The number of nitrogens with zero attached hydrogens (tertiary/aromatic N) is 3. The van der Waals surface area contributed by atoms with Gasteiger partial charge in [0.1, 0.15) is 24.0 Å². The normalized spacial score (nSPS) is 17.0. The fraction of sp³-hybridized carbons (Fsp3) is 0.333. The van der Waals surface area contributed by atoms with Gasteiger partial charge in [0.25, 0.3) is 5.91 Å². The maximum Gasteiger partial charge on any atom is 0.259 e. The van der Waals surface area contributed by atoms with Crippen molar-refractivity contribution in [2.24, 2.45) is 0 Å². The molecule has 2 aliphatic rings. The molecule has 0 bridgehead atoms. The van der Waals surface area contributed by atoms with Gasteiger partial charge in [-0.1, -0.05) is 35.9 Å². The van der Waals surface area contributed by atoms with E-state index in [1.807, 2.05) is 29.2 Å². The number of anilines is 2. The second-order valence-electron chi connectivity index (χ2n) is 8.99. The number of ether oxygens (including phenoxy) is 2. The molecule has 1 fully saturated rings. The Bertz CT molecular complexity index is 1320. The molecule has 2 amide bonds. The van der Waals surface area contributed by atoms with Crippen LogP contribution in [-0.4, -0.2) is 48.0 Å². The highest BCUT2D eigenvalue weighted by Gasteiger charge is 2.27. The minimum atomic E-state index is -0.617. The molecule has 5 rings (SSSR count). The number of carbonyl (C=O) groups is 2. The molecule has 0 saturated carbocycles. The van der Waals surface area contributed by atoms with E-state index < -0.39 is 11.9 Å². The number of hydrogen-bond acceptors (Lipinski definition) is 7. The zero-order chi connectivity index (χ0) is 25.8. The predicted molar refractivity (Wildman–Crippen MR) is 140 cm³/mol. The lowest BCUT2D eigenvalue weighted by Gasteiger charge is -2.20. The number of rotatable bonds is 7. The second kappa shape index (κ2) is 11.0. The van der Waals surface area contributed by atoms with Gasteiger partial charge < -0.3 is 25.0 Å². The fourth-order valence-electron chi connectivity index (χ4n) is 4.56. The maximum atomic E-state index is 13.3. The van der Waals surface area contributed by atoms with Gasteiger partial charge >= 0.3 is 0 Å². The topological polar surface area (TPSA) is 106 Å². The van der Waals surface area contributed by atoms with Crippen molar-refractivity contribution in [1.29, 1.82) is 0 Å². The summed E-state index contributed by atoms with van der Waals surface area (Å²) in [6.07, 6.45) is 4.63. The lowest BCUT2D eigenvalue weighted by Crippen LogP contribution is -2.45. The third kappa shape index (κ3) is 5.46. The number of carbonyl (C=O) groups excluding carboxylic acids is 2. The Morgan fingerprint density at radius 2 is 2.11 bits per heavy atom. The molecule has 2 N–H and O–H groups in total. The number of amides is 2. The van der Waals surface area contributed by atoms with Crippen LogP contribution in [0.3, 0.4) is 0 Å². The van der Waals surface area contributed by atoms with Crippen LogP contribution in [0.25, 0.3) is 0 Å². The van der Waals surface area contributed by atoms with Crippen molar-refractivity contribution in [3.63, 3.8) is 0 Å². The average molecular weight is 522 g/mol. The second-order valence-corrected chi connectivity index (χ2v) is 9.40. The minimum Gasteiger partial charge on any atom is -0.495 e. The van der Waals surface area contributed by atoms with E-state index >= 15 is 0 Å². The summed E-state index contributed by atoms with van der Waals surface area (Å²) < 4.78 is 11.3. The predicted octanol–water partition coefficient (Wildman–Crippen LogP) is 3.81. The van der Waals surface area contributed by atoms with Crippen molar-refractivity contribution in [1.82, 2.24) is 20.6 Å². The largest absolute Gasteiger partial charge is 0.495 e. The lowest BCUT2D eigenvalue weighted by atomic mass is 10.1. The highest BCUT2D eigenvalue weighted by Crippen LogP contribution is 2.33. The van der Waals surface area contributed by atoms with Gasteiger partial charge in [-0.2, -0.15) is 4.98 Å². The molecule has 1 atom stereocenters. The molecular weight excluding hydrogens is 494 g/mol. The number of halogens is 1. The van der Waals surface area contributed by atoms with Crippen LogP contribution in [0.5, 0.6) is 11.6 Å². The molecule has 9 nitrogen and oxygen atoms in total. The quantitative estimate of drug-likeness (QED) is 0.487. The Morgan fingerprint density at radius 1 is 1.24 bits per heavy atom. The fourth-order valence-corrected chi connectivity index (χ4v) is 4.84. The van der Waals surface area contributed by atoms with Crippen LogP contribution < -0.4 is 25.0 Å². The van der Waals surface area contributed by atoms with Gasteiger partial charge in [-0.3, -0.25) is 9.59 Å². The standard InChI is InChI=1S/C27H28ClN5O4/c1-36-23-10-9-17(14-20(23)28)16-37-26-19(24(34)31-21-7-4-5-12-29-25(21)35)15-30-27(32-26)33-13-11-18-6-2-3-8-22(18)33/h2-3,6,8-10,14-15,21H,4-5,7,11-13,16H2,1H3,(H,29,35)(H,31,34). The summed E-state index contributed by atoms with van der Waals surface area (Å²) in [6.45, 7) is 1.46. The maximum absolute atomic E-state index is 13.3. The van der Waals surface area contributed by atoms with Gasteiger partial charge in [0, 0.05) is 25.0 Å². The molecule has 0 spiro atoms. The van der Waals surface area contributed by atoms with E-state index in [1.165, 1.54) is 11.8 Å². The van der Waals surface area contributed by atoms with Crippen LogP contribution in [0.1, 0.15) is 40.7 Å². The van der Waals surface area contributed by atoms with E-state index in [4.69, 9.17) is 21.1 Å². The van der Waals surface area contributed by atoms with Gasteiger partial charge in [-0.05, 0) is 55.0 Å². The Kier molecular flexibility index (Phi) is 7.41. The first-order chi connectivity index (χ1) is 18.0. The van der Waals surface area contributed by atoms with Gasteiger partial charge in [0.2, 0.25) is 17.7 Å². The summed E-state index contributed by atoms with van der Waals surface area (Å²) in [6, 6.07) is 12.8. The first kappa shape index (κ1) is 24.8. The number of fused-ring (bicyclic) bond motifs is 1. The molecule has 2 aromatic carbocycles. The number of aromatic nitrogens is 2. The van der Waals surface area contributed by atoms with Crippen LogP contribution in [0.4, 0.5) is 11.6 Å². The Morgan fingerprint density at radius 3 is 2.95 bits per heavy atom. The first-order valence-electron chi connectivity index (χ1n) is 12.3. The number of benzene rings is 2. The third-order valence-corrected chi connectivity index (χ3v) is 6.84. The van der Waals surface area contributed by atoms with Crippen LogP contribution in [0, 0.1) is 0 Å². The molecular formula is C27H28ClN5O4. The summed E-state index contributed by atoms with van der Waals surface area (Å²) in [5, 5.41) is 6.12. The summed E-state index contributed by atoms with van der Waals surface area (Å²) >= 11 is 6.27. The Labute approximate surface area is 220 Å². The van der Waals surface area contributed by atoms with Gasteiger partial charge in [0.05, 0.1) is 12.1 Å². The molecule has 1 unspecified atom stereocenters. The van der Waals surface area contributed by atoms with E-state index in [-0.39, 0.29) is 24.0 Å². The lowest BCUT2D eigenvalue weighted by molar-refractivity contribution is -0.122. The van der Waals surface area contributed by atoms with Crippen molar-refractivity contribution in [3.05, 3.63) is 70.4 Å². The number of para-hydroxylation sites is 1. The van der Waals surface area contributed by atoms with Crippen LogP contribution in [0.15, 0.2) is 48.7 Å². The summed E-state index contributed by atoms with van der Waals surface area (Å²) in [5.41, 5.74) is 3.19. The average Bonchev–Trinajstić information content (AvgIpc) is 3.24. The van der Waals surface area contributed by atoms with Crippen molar-refractivity contribution >= 4 is 35.1 Å². The molecule has 1 aromatic heterocycles. The summed E-state index contributed by atoms with van der Waals surface area (Å²) in [5.74, 6) is 0.485. The molecule has 3 aromatic rings.